The van der Waals surface area contributed by atoms with E-state index in [9.17, 15) is 9.59 Å². The Morgan fingerprint density at radius 3 is 1.41 bits per heavy atom. The summed E-state index contributed by atoms with van der Waals surface area (Å²) in [6.07, 6.45) is 0. The summed E-state index contributed by atoms with van der Waals surface area (Å²) in [6, 6.07) is 21.4. The van der Waals surface area contributed by atoms with E-state index < -0.39 is 0 Å². The number of aromatic nitrogens is 2. The van der Waals surface area contributed by atoms with Gasteiger partial charge in [0.05, 0.1) is 10.8 Å². The first-order chi connectivity index (χ1) is 15.7. The molecule has 0 aliphatic rings. The second-order valence-corrected chi connectivity index (χ2v) is 7.67. The fourth-order valence-electron chi connectivity index (χ4n) is 4.40. The number of benzene rings is 5. The van der Waals surface area contributed by atoms with Gasteiger partial charge in [0, 0.05) is 10.8 Å². The van der Waals surface area contributed by atoms with E-state index in [1.807, 2.05) is 24.3 Å². The Balaban J connectivity index is 1.91. The lowest BCUT2D eigenvalue weighted by atomic mass is 9.99. The van der Waals surface area contributed by atoms with Crippen molar-refractivity contribution in [2.75, 3.05) is 0 Å². The van der Waals surface area contributed by atoms with Gasteiger partial charge in [-0.25, -0.2) is 9.97 Å². The molecule has 7 rings (SSSR count). The van der Waals surface area contributed by atoms with Gasteiger partial charge in [-0.2, -0.15) is 0 Å². The van der Waals surface area contributed by atoms with E-state index in [1.54, 1.807) is 48.5 Å². The molecule has 5 aromatic carbocycles. The van der Waals surface area contributed by atoms with Crippen molar-refractivity contribution >= 4 is 65.9 Å². The molecule has 0 unspecified atom stereocenters. The summed E-state index contributed by atoms with van der Waals surface area (Å²) in [5.74, 6) is 0. The maximum Gasteiger partial charge on any atom is 0.198 e. The topological polar surface area (TPSA) is 86.2 Å². The quantitative estimate of drug-likeness (QED) is 0.246. The van der Waals surface area contributed by atoms with Gasteiger partial charge >= 0.3 is 0 Å². The summed E-state index contributed by atoms with van der Waals surface area (Å²) >= 11 is 0. The van der Waals surface area contributed by atoms with Crippen molar-refractivity contribution in [3.05, 3.63) is 93.2 Å². The Morgan fingerprint density at radius 2 is 0.938 bits per heavy atom. The Bertz CT molecular complexity index is 1890. The second-order valence-electron chi connectivity index (χ2n) is 7.67. The van der Waals surface area contributed by atoms with Gasteiger partial charge in [-0.1, -0.05) is 48.5 Å². The predicted molar refractivity (Wildman–Crippen MR) is 124 cm³/mol. The molecule has 6 nitrogen and oxygen atoms in total. The van der Waals surface area contributed by atoms with Crippen LogP contribution in [0.3, 0.4) is 0 Å². The molecule has 0 amide bonds. The third kappa shape index (κ3) is 2.13. The minimum absolute atomic E-state index is 0.198. The standard InChI is InChI=1S/C26H12N2O4/c29-23-13-7-1-2-8-14(13)24(30)20-19(23)21-25(31-17-11-5-3-9-15(17)27-21)26-22(20)28-16-10-4-6-12-18(16)32-26/h1-12H. The van der Waals surface area contributed by atoms with Crippen LogP contribution in [0, 0.1) is 0 Å². The van der Waals surface area contributed by atoms with Crippen LogP contribution in [0.15, 0.2) is 91.2 Å². The molecule has 2 heterocycles. The normalized spacial score (nSPS) is 12.0. The van der Waals surface area contributed by atoms with Crippen LogP contribution >= 0.6 is 0 Å². The summed E-state index contributed by atoms with van der Waals surface area (Å²) in [5.41, 5.74) is 2.83. The van der Waals surface area contributed by atoms with Crippen LogP contribution in [0.25, 0.3) is 65.9 Å². The molecule has 32 heavy (non-hydrogen) atoms. The summed E-state index contributed by atoms with van der Waals surface area (Å²) in [5, 5.41) is 1.09. The highest BCUT2D eigenvalue weighted by molar-refractivity contribution is 6.23. The molecule has 0 aliphatic carbocycles. The Morgan fingerprint density at radius 1 is 0.531 bits per heavy atom. The van der Waals surface area contributed by atoms with Crippen LogP contribution < -0.4 is 10.9 Å². The molecule has 0 fully saturated rings. The van der Waals surface area contributed by atoms with E-state index in [-0.39, 0.29) is 32.8 Å². The SMILES string of the molecule is O=c1c2ccccc2c(=O)c2c3nc4ccccc4oc3c3oc4ccccc4nc3c12. The molecular formula is C26H12N2O4. The van der Waals surface area contributed by atoms with Gasteiger partial charge in [-0.05, 0) is 24.3 Å². The molecule has 0 atom stereocenters. The van der Waals surface area contributed by atoms with Gasteiger partial charge in [0.25, 0.3) is 0 Å². The number of hydrogen-bond donors (Lipinski definition) is 0. The molecule has 0 radical (unpaired) electrons. The Hall–Kier alpha value is -4.58. The summed E-state index contributed by atoms with van der Waals surface area (Å²) in [6.45, 7) is 0. The molecule has 0 aliphatic heterocycles. The van der Waals surface area contributed by atoms with Crippen LogP contribution in [0.2, 0.25) is 0 Å². The molecule has 0 saturated heterocycles. The van der Waals surface area contributed by atoms with Crippen LogP contribution in [0.5, 0.6) is 0 Å². The number of para-hydroxylation sites is 4. The van der Waals surface area contributed by atoms with E-state index in [1.165, 1.54) is 0 Å². The van der Waals surface area contributed by atoms with Gasteiger partial charge < -0.3 is 8.83 Å². The first-order valence-corrected chi connectivity index (χ1v) is 10.1. The maximum atomic E-state index is 13.6. The molecule has 6 heteroatoms. The number of rotatable bonds is 0. The molecule has 2 aromatic heterocycles. The predicted octanol–water partition coefficient (Wildman–Crippen LogP) is 5.30. The fraction of sp³-hybridized carbons (Fsp3) is 0. The van der Waals surface area contributed by atoms with E-state index in [0.29, 0.717) is 44.0 Å². The minimum Gasteiger partial charge on any atom is -0.449 e. The first kappa shape index (κ1) is 17.1. The van der Waals surface area contributed by atoms with Crippen molar-refractivity contribution in [1.29, 1.82) is 0 Å². The summed E-state index contributed by atoms with van der Waals surface area (Å²) in [7, 11) is 0. The van der Waals surface area contributed by atoms with Crippen molar-refractivity contribution in [3.63, 3.8) is 0 Å². The lowest BCUT2D eigenvalue weighted by Gasteiger charge is -2.10. The summed E-state index contributed by atoms with van der Waals surface area (Å²) in [4.78, 5) is 36.7. The smallest absolute Gasteiger partial charge is 0.198 e. The monoisotopic (exact) mass is 416 g/mol. The van der Waals surface area contributed by atoms with E-state index in [0.717, 1.165) is 0 Å². The highest BCUT2D eigenvalue weighted by Crippen LogP contribution is 2.34. The zero-order valence-corrected chi connectivity index (χ0v) is 16.5. The van der Waals surface area contributed by atoms with Gasteiger partial charge in [0.1, 0.15) is 22.1 Å². The van der Waals surface area contributed by atoms with E-state index in [4.69, 9.17) is 18.8 Å². The zero-order chi connectivity index (χ0) is 21.4. The zero-order valence-electron chi connectivity index (χ0n) is 16.5. The van der Waals surface area contributed by atoms with Crippen LogP contribution in [0.4, 0.5) is 0 Å². The van der Waals surface area contributed by atoms with Gasteiger partial charge in [0.2, 0.25) is 0 Å². The van der Waals surface area contributed by atoms with E-state index in [2.05, 4.69) is 0 Å². The molecule has 0 bridgehead atoms. The molecular weight excluding hydrogens is 404 g/mol. The number of nitrogens with zero attached hydrogens (tertiary/aromatic N) is 2. The molecule has 7 aromatic rings. The van der Waals surface area contributed by atoms with Crippen LogP contribution in [-0.4, -0.2) is 9.97 Å². The van der Waals surface area contributed by atoms with Gasteiger partial charge in [-0.15, -0.1) is 0 Å². The van der Waals surface area contributed by atoms with Crippen molar-refractivity contribution in [3.8, 4) is 0 Å². The molecule has 0 spiro atoms. The number of fused-ring (bicyclic) bond motifs is 9. The average Bonchev–Trinajstić information content (AvgIpc) is 2.84. The van der Waals surface area contributed by atoms with Crippen molar-refractivity contribution in [2.24, 2.45) is 0 Å². The third-order valence-corrected chi connectivity index (χ3v) is 5.85. The highest BCUT2D eigenvalue weighted by atomic mass is 16.4. The van der Waals surface area contributed by atoms with Gasteiger partial charge in [-0.3, -0.25) is 9.59 Å². The first-order valence-electron chi connectivity index (χ1n) is 10.1. The van der Waals surface area contributed by atoms with E-state index >= 15 is 0 Å². The molecule has 0 N–H and O–H groups in total. The highest BCUT2D eigenvalue weighted by Gasteiger charge is 2.23. The summed E-state index contributed by atoms with van der Waals surface area (Å²) < 4.78 is 12.4. The molecule has 150 valence electrons. The third-order valence-electron chi connectivity index (χ3n) is 5.85. The van der Waals surface area contributed by atoms with Crippen molar-refractivity contribution in [1.82, 2.24) is 9.97 Å². The lowest BCUT2D eigenvalue weighted by molar-refractivity contribution is 0.620. The Labute approximate surface area is 178 Å². The van der Waals surface area contributed by atoms with Crippen LogP contribution in [0.1, 0.15) is 0 Å². The maximum absolute atomic E-state index is 13.6. The molecule has 0 saturated carbocycles. The fourth-order valence-corrected chi connectivity index (χ4v) is 4.40. The minimum atomic E-state index is -0.282. The Kier molecular flexibility index (Phi) is 3.20. The average molecular weight is 416 g/mol. The second kappa shape index (κ2) is 5.98. The lowest BCUT2D eigenvalue weighted by Crippen LogP contribution is -2.14. The van der Waals surface area contributed by atoms with Crippen molar-refractivity contribution in [2.45, 2.75) is 0 Å². The van der Waals surface area contributed by atoms with Crippen molar-refractivity contribution < 1.29 is 8.83 Å². The van der Waals surface area contributed by atoms with Crippen LogP contribution in [-0.2, 0) is 0 Å². The van der Waals surface area contributed by atoms with Gasteiger partial charge in [0.15, 0.2) is 33.2 Å². The largest absolute Gasteiger partial charge is 0.449 e. The number of hydrogen-bond acceptors (Lipinski definition) is 6.